The summed E-state index contributed by atoms with van der Waals surface area (Å²) in [5, 5.41) is 9.19. The summed E-state index contributed by atoms with van der Waals surface area (Å²) in [5.74, 6) is -1.66. The first-order chi connectivity index (χ1) is 7.29. The number of rotatable bonds is 4. The number of aliphatic carboxylic acids is 1. The van der Waals surface area contributed by atoms with Gasteiger partial charge in [0.05, 0.1) is 5.92 Å². The van der Waals surface area contributed by atoms with Crippen LogP contribution in [0, 0.1) is 5.82 Å². The number of hydrogen-bond acceptors (Lipinski definition) is 1. The standard InChI is InChI=1S/C12H17FO2Si/c1-16(2,3)8-11(12(14)15)9-4-6-10(13)7-5-9/h4-7,11H,8H2,1-3H3,(H,14,15). The molecule has 1 aromatic rings. The molecule has 0 aliphatic heterocycles. The van der Waals surface area contributed by atoms with Crippen molar-refractivity contribution in [1.29, 1.82) is 0 Å². The predicted molar refractivity (Wildman–Crippen MR) is 64.9 cm³/mol. The second kappa shape index (κ2) is 4.78. The minimum absolute atomic E-state index is 0.333. The zero-order chi connectivity index (χ0) is 12.3. The van der Waals surface area contributed by atoms with Crippen LogP contribution in [0.5, 0.6) is 0 Å². The summed E-state index contributed by atoms with van der Waals surface area (Å²) < 4.78 is 12.8. The topological polar surface area (TPSA) is 37.3 Å². The summed E-state index contributed by atoms with van der Waals surface area (Å²) in [5.41, 5.74) is 0.691. The summed E-state index contributed by atoms with van der Waals surface area (Å²) >= 11 is 0. The molecule has 1 unspecified atom stereocenters. The first-order valence-corrected chi connectivity index (χ1v) is 8.98. The quantitative estimate of drug-likeness (QED) is 0.820. The van der Waals surface area contributed by atoms with E-state index in [4.69, 9.17) is 0 Å². The van der Waals surface area contributed by atoms with Crippen LogP contribution in [0.1, 0.15) is 11.5 Å². The third kappa shape index (κ3) is 3.77. The molecule has 1 rings (SSSR count). The summed E-state index contributed by atoms with van der Waals surface area (Å²) in [7, 11) is -1.45. The first kappa shape index (κ1) is 12.9. The van der Waals surface area contributed by atoms with Crippen LogP contribution in [0.4, 0.5) is 4.39 Å². The van der Waals surface area contributed by atoms with E-state index < -0.39 is 20.0 Å². The Bertz CT molecular complexity index is 368. The van der Waals surface area contributed by atoms with E-state index in [0.717, 1.165) is 0 Å². The molecule has 0 heterocycles. The maximum Gasteiger partial charge on any atom is 0.310 e. The summed E-state index contributed by atoms with van der Waals surface area (Å²) in [6.07, 6.45) is 0. The van der Waals surface area contributed by atoms with Crippen molar-refractivity contribution in [2.45, 2.75) is 31.6 Å². The van der Waals surface area contributed by atoms with E-state index in [0.29, 0.717) is 11.6 Å². The summed E-state index contributed by atoms with van der Waals surface area (Å²) in [6.45, 7) is 6.39. The lowest BCUT2D eigenvalue weighted by atomic mass is 10.0. The number of carboxylic acids is 1. The average molecular weight is 240 g/mol. The van der Waals surface area contributed by atoms with E-state index in [1.54, 1.807) is 12.1 Å². The highest BCUT2D eigenvalue weighted by molar-refractivity contribution is 6.76. The molecule has 0 aliphatic carbocycles. The number of hydrogen-bond donors (Lipinski definition) is 1. The normalized spacial score (nSPS) is 13.5. The fraction of sp³-hybridized carbons (Fsp3) is 0.417. The molecular weight excluding hydrogens is 223 g/mol. The van der Waals surface area contributed by atoms with Gasteiger partial charge in [-0.05, 0) is 23.7 Å². The van der Waals surface area contributed by atoms with Gasteiger partial charge in [0.25, 0.3) is 0 Å². The van der Waals surface area contributed by atoms with Crippen LogP contribution < -0.4 is 0 Å². The van der Waals surface area contributed by atoms with Crippen molar-refractivity contribution in [3.8, 4) is 0 Å². The SMILES string of the molecule is C[Si](C)(C)CC(C(=O)O)c1ccc(F)cc1. The van der Waals surface area contributed by atoms with Crippen molar-refractivity contribution < 1.29 is 14.3 Å². The van der Waals surface area contributed by atoms with Crippen molar-refractivity contribution >= 4 is 14.0 Å². The highest BCUT2D eigenvalue weighted by Gasteiger charge is 2.27. The van der Waals surface area contributed by atoms with Gasteiger partial charge in [-0.1, -0.05) is 31.8 Å². The number of halogens is 1. The maximum atomic E-state index is 12.8. The van der Waals surface area contributed by atoms with Crippen molar-refractivity contribution in [2.75, 3.05) is 0 Å². The molecule has 0 saturated heterocycles. The minimum atomic E-state index is -1.45. The molecule has 0 aliphatic rings. The van der Waals surface area contributed by atoms with E-state index in [9.17, 15) is 14.3 Å². The van der Waals surface area contributed by atoms with Crippen molar-refractivity contribution in [1.82, 2.24) is 0 Å². The highest BCUT2D eigenvalue weighted by Crippen LogP contribution is 2.27. The zero-order valence-corrected chi connectivity index (χ0v) is 10.8. The molecule has 4 heteroatoms. The molecule has 1 aromatic carbocycles. The summed E-state index contributed by atoms with van der Waals surface area (Å²) in [4.78, 5) is 11.2. The smallest absolute Gasteiger partial charge is 0.310 e. The van der Waals surface area contributed by atoms with E-state index in [1.165, 1.54) is 12.1 Å². The Hall–Kier alpha value is -1.16. The van der Waals surface area contributed by atoms with Crippen LogP contribution in [0.25, 0.3) is 0 Å². The molecule has 16 heavy (non-hydrogen) atoms. The maximum absolute atomic E-state index is 12.8. The lowest BCUT2D eigenvalue weighted by molar-refractivity contribution is -0.138. The fourth-order valence-corrected chi connectivity index (χ4v) is 3.29. The lowest BCUT2D eigenvalue weighted by Gasteiger charge is -2.21. The molecule has 0 amide bonds. The van der Waals surface area contributed by atoms with Gasteiger partial charge in [-0.25, -0.2) is 4.39 Å². The molecule has 0 bridgehead atoms. The molecule has 0 radical (unpaired) electrons. The van der Waals surface area contributed by atoms with Crippen LogP contribution >= 0.6 is 0 Å². The van der Waals surface area contributed by atoms with Crippen molar-refractivity contribution in [3.63, 3.8) is 0 Å². The van der Waals surface area contributed by atoms with Gasteiger partial charge in [-0.15, -0.1) is 0 Å². The van der Waals surface area contributed by atoms with Crippen molar-refractivity contribution in [2.24, 2.45) is 0 Å². The van der Waals surface area contributed by atoms with Gasteiger partial charge in [-0.3, -0.25) is 4.79 Å². The molecule has 0 fully saturated rings. The van der Waals surface area contributed by atoms with Crippen LogP contribution in [-0.4, -0.2) is 19.1 Å². The Morgan fingerprint density at radius 1 is 1.31 bits per heavy atom. The van der Waals surface area contributed by atoms with Crippen LogP contribution in [0.15, 0.2) is 24.3 Å². The van der Waals surface area contributed by atoms with Crippen LogP contribution in [-0.2, 0) is 4.79 Å². The highest BCUT2D eigenvalue weighted by atomic mass is 28.3. The first-order valence-electron chi connectivity index (χ1n) is 5.28. The molecule has 0 saturated carbocycles. The second-order valence-electron chi connectivity index (χ2n) is 5.21. The molecule has 88 valence electrons. The predicted octanol–water partition coefficient (Wildman–Crippen LogP) is 3.33. The Balaban J connectivity index is 2.94. The molecule has 1 N–H and O–H groups in total. The third-order valence-corrected chi connectivity index (χ3v) is 4.02. The van der Waals surface area contributed by atoms with Crippen LogP contribution in [0.2, 0.25) is 25.7 Å². The largest absolute Gasteiger partial charge is 0.481 e. The minimum Gasteiger partial charge on any atom is -0.481 e. The fourth-order valence-electron chi connectivity index (χ4n) is 1.66. The van der Waals surface area contributed by atoms with Gasteiger partial charge >= 0.3 is 5.97 Å². The van der Waals surface area contributed by atoms with Crippen LogP contribution in [0.3, 0.4) is 0 Å². The monoisotopic (exact) mass is 240 g/mol. The molecule has 1 atom stereocenters. The average Bonchev–Trinajstić information content (AvgIpc) is 2.14. The van der Waals surface area contributed by atoms with E-state index in [1.807, 2.05) is 0 Å². The zero-order valence-electron chi connectivity index (χ0n) is 9.83. The number of carboxylic acid groups (broad SMARTS) is 1. The van der Waals surface area contributed by atoms with Gasteiger partial charge in [-0.2, -0.15) is 0 Å². The van der Waals surface area contributed by atoms with E-state index in [2.05, 4.69) is 19.6 Å². The van der Waals surface area contributed by atoms with Crippen molar-refractivity contribution in [3.05, 3.63) is 35.6 Å². The molecule has 0 spiro atoms. The number of benzene rings is 1. The number of carbonyl (C=O) groups is 1. The Kier molecular flexibility index (Phi) is 3.86. The van der Waals surface area contributed by atoms with Gasteiger partial charge in [0, 0.05) is 8.07 Å². The lowest BCUT2D eigenvalue weighted by Crippen LogP contribution is -2.26. The Morgan fingerprint density at radius 2 is 1.81 bits per heavy atom. The Labute approximate surface area is 96.1 Å². The van der Waals surface area contributed by atoms with Gasteiger partial charge in [0.1, 0.15) is 5.82 Å². The molecular formula is C12H17FO2Si. The van der Waals surface area contributed by atoms with Gasteiger partial charge in [0.2, 0.25) is 0 Å². The van der Waals surface area contributed by atoms with Gasteiger partial charge < -0.3 is 5.11 Å². The Morgan fingerprint density at radius 3 is 2.19 bits per heavy atom. The van der Waals surface area contributed by atoms with Gasteiger partial charge in [0.15, 0.2) is 0 Å². The van der Waals surface area contributed by atoms with E-state index >= 15 is 0 Å². The van der Waals surface area contributed by atoms with E-state index in [-0.39, 0.29) is 5.82 Å². The second-order valence-corrected chi connectivity index (χ2v) is 10.7. The third-order valence-electron chi connectivity index (χ3n) is 2.39. The summed E-state index contributed by atoms with van der Waals surface area (Å²) in [6, 6.07) is 6.43. The molecule has 0 aromatic heterocycles. The molecule has 2 nitrogen and oxygen atoms in total.